The average molecular weight is 759 g/mol. The third-order valence-electron chi connectivity index (χ3n) is 9.03. The van der Waals surface area contributed by atoms with Crippen molar-refractivity contribution in [3.8, 4) is 0 Å². The van der Waals surface area contributed by atoms with E-state index in [9.17, 15) is 27.9 Å². The van der Waals surface area contributed by atoms with E-state index in [2.05, 4.69) is 30.9 Å². The van der Waals surface area contributed by atoms with E-state index in [1.54, 1.807) is 60.8 Å². The lowest BCUT2D eigenvalue weighted by atomic mass is 10.0. The van der Waals surface area contributed by atoms with Crippen molar-refractivity contribution in [3.05, 3.63) is 102 Å². The van der Waals surface area contributed by atoms with E-state index in [1.165, 1.54) is 17.0 Å². The highest BCUT2D eigenvalue weighted by Gasteiger charge is 2.27. The van der Waals surface area contributed by atoms with Gasteiger partial charge >= 0.3 is 6.09 Å². The Hall–Kier alpha value is -5.62. The van der Waals surface area contributed by atoms with Crippen molar-refractivity contribution in [2.45, 2.75) is 67.7 Å². The third kappa shape index (κ3) is 10.1. The molecule has 3 atom stereocenters. The summed E-state index contributed by atoms with van der Waals surface area (Å²) in [6.45, 7) is -0.644. The summed E-state index contributed by atoms with van der Waals surface area (Å²) >= 11 is 0. The summed E-state index contributed by atoms with van der Waals surface area (Å²) in [6, 6.07) is 22.2. The summed E-state index contributed by atoms with van der Waals surface area (Å²) in [7, 11) is -4.12. The van der Waals surface area contributed by atoms with Crippen molar-refractivity contribution in [1.82, 2.24) is 35.8 Å². The highest BCUT2D eigenvalue weighted by Crippen LogP contribution is 2.23. The molecule has 2 aromatic heterocycles. The number of nitrogens with two attached hydrogens (primary N) is 1. The first kappa shape index (κ1) is 38.1. The van der Waals surface area contributed by atoms with Gasteiger partial charge in [-0.25, -0.2) is 22.9 Å². The Morgan fingerprint density at radius 2 is 1.67 bits per heavy atom. The first-order valence-electron chi connectivity index (χ1n) is 17.6. The molecule has 0 radical (unpaired) electrons. The van der Waals surface area contributed by atoms with Crippen LogP contribution in [0.1, 0.15) is 48.2 Å². The van der Waals surface area contributed by atoms with Gasteiger partial charge in [-0.3, -0.25) is 9.59 Å². The molecule has 0 aliphatic heterocycles. The second-order valence-electron chi connectivity index (χ2n) is 13.1. The van der Waals surface area contributed by atoms with Crippen LogP contribution >= 0.6 is 0 Å². The Bertz CT molecular complexity index is 2190. The first-order chi connectivity index (χ1) is 26.0. The Morgan fingerprint density at radius 3 is 2.44 bits per heavy atom. The SMILES string of the molecule is NC(=O)CC(CNOC(=O)N[C@@H](Cc1ccccc1)[C@H](O)CNS(=O)(=O)c1ccc2cnn(OC3CCCC3)c2c1)NC(=O)c1ccc2ccccc2n1. The van der Waals surface area contributed by atoms with Gasteiger partial charge in [-0.1, -0.05) is 59.4 Å². The van der Waals surface area contributed by atoms with Crippen LogP contribution in [0.4, 0.5) is 4.79 Å². The van der Waals surface area contributed by atoms with Crippen LogP contribution in [0.2, 0.25) is 0 Å². The number of sulfonamides is 1. The van der Waals surface area contributed by atoms with Gasteiger partial charge in [0.2, 0.25) is 15.9 Å². The Labute approximate surface area is 311 Å². The highest BCUT2D eigenvalue weighted by atomic mass is 32.2. The molecule has 0 bridgehead atoms. The van der Waals surface area contributed by atoms with Gasteiger partial charge in [-0.2, -0.15) is 0 Å². The number of aliphatic hydroxyl groups is 1. The molecule has 284 valence electrons. The maximum Gasteiger partial charge on any atom is 0.426 e. The van der Waals surface area contributed by atoms with Crippen molar-refractivity contribution in [1.29, 1.82) is 0 Å². The fraction of sp³-hybridized carbons (Fsp3) is 0.324. The van der Waals surface area contributed by atoms with Crippen LogP contribution in [0.15, 0.2) is 96.0 Å². The molecule has 7 N–H and O–H groups in total. The lowest BCUT2D eigenvalue weighted by molar-refractivity contribution is -0.118. The van der Waals surface area contributed by atoms with Crippen LogP contribution in [-0.2, 0) is 26.1 Å². The number of pyridine rings is 1. The predicted octanol–water partition coefficient (Wildman–Crippen LogP) is 2.11. The van der Waals surface area contributed by atoms with E-state index < -0.39 is 52.7 Å². The average Bonchev–Trinajstić information content (AvgIpc) is 3.83. The number of nitrogens with one attached hydrogen (secondary N) is 4. The van der Waals surface area contributed by atoms with Crippen molar-refractivity contribution in [2.24, 2.45) is 5.73 Å². The van der Waals surface area contributed by atoms with Crippen LogP contribution < -0.4 is 31.4 Å². The summed E-state index contributed by atoms with van der Waals surface area (Å²) in [6.07, 6.45) is 3.00. The normalized spacial score (nSPS) is 15.1. The molecule has 1 aliphatic carbocycles. The Morgan fingerprint density at radius 1 is 0.926 bits per heavy atom. The number of rotatable bonds is 17. The largest absolute Gasteiger partial charge is 0.426 e. The van der Waals surface area contributed by atoms with Crippen LogP contribution in [0.5, 0.6) is 0 Å². The Balaban J connectivity index is 1.06. The first-order valence-corrected chi connectivity index (χ1v) is 19.0. The molecule has 54 heavy (non-hydrogen) atoms. The zero-order valence-corrected chi connectivity index (χ0v) is 30.1. The van der Waals surface area contributed by atoms with Gasteiger partial charge in [0.1, 0.15) is 17.3 Å². The summed E-state index contributed by atoms with van der Waals surface area (Å²) in [5.74, 6) is -1.26. The number of hydrogen-bond acceptors (Lipinski definition) is 11. The summed E-state index contributed by atoms with van der Waals surface area (Å²) < 4.78 is 29.2. The second-order valence-corrected chi connectivity index (χ2v) is 14.8. The van der Waals surface area contributed by atoms with Crippen molar-refractivity contribution < 1.29 is 37.6 Å². The molecule has 3 amide bonds. The third-order valence-corrected chi connectivity index (χ3v) is 10.4. The lowest BCUT2D eigenvalue weighted by Gasteiger charge is -2.24. The molecule has 1 aliphatic rings. The number of para-hydroxylation sites is 1. The molecule has 16 nitrogen and oxygen atoms in total. The molecule has 1 fully saturated rings. The number of carbonyl (C=O) groups is 3. The van der Waals surface area contributed by atoms with Gasteiger partial charge in [0.05, 0.1) is 41.3 Å². The number of nitrogens with zero attached hydrogens (tertiary/aromatic N) is 3. The predicted molar refractivity (Wildman–Crippen MR) is 198 cm³/mol. The monoisotopic (exact) mass is 758 g/mol. The van der Waals surface area contributed by atoms with Gasteiger partial charge in [-0.15, -0.1) is 10.6 Å². The molecular formula is C37H42N8O8S. The molecule has 5 aromatic rings. The van der Waals surface area contributed by atoms with Gasteiger partial charge in [0.15, 0.2) is 0 Å². The van der Waals surface area contributed by atoms with Gasteiger partial charge in [0, 0.05) is 23.7 Å². The fourth-order valence-corrected chi connectivity index (χ4v) is 7.26. The van der Waals surface area contributed by atoms with Gasteiger partial charge in [0.25, 0.3) is 5.91 Å². The summed E-state index contributed by atoms with van der Waals surface area (Å²) in [5, 5.41) is 22.3. The summed E-state index contributed by atoms with van der Waals surface area (Å²) in [4.78, 5) is 54.4. The topological polar surface area (TPSA) is 229 Å². The number of fused-ring (bicyclic) bond motifs is 2. The maximum atomic E-state index is 13.4. The number of hydrogen-bond donors (Lipinski definition) is 6. The van der Waals surface area contributed by atoms with Crippen molar-refractivity contribution in [3.63, 3.8) is 0 Å². The number of benzene rings is 3. The van der Waals surface area contributed by atoms with Gasteiger partial charge < -0.3 is 31.1 Å². The molecule has 0 saturated heterocycles. The molecule has 3 aromatic carbocycles. The number of aliphatic hydroxyl groups excluding tert-OH is 1. The zero-order chi connectivity index (χ0) is 38.1. The molecule has 1 unspecified atom stereocenters. The van der Waals surface area contributed by atoms with Crippen molar-refractivity contribution >= 4 is 49.7 Å². The lowest BCUT2D eigenvalue weighted by Crippen LogP contribution is -2.51. The van der Waals surface area contributed by atoms with Crippen molar-refractivity contribution in [2.75, 3.05) is 13.1 Å². The van der Waals surface area contributed by atoms with Gasteiger partial charge in [-0.05, 0) is 68.0 Å². The molecule has 0 spiro atoms. The maximum absolute atomic E-state index is 13.4. The van der Waals surface area contributed by atoms with Crippen LogP contribution in [-0.4, -0.2) is 83.7 Å². The van der Waals surface area contributed by atoms with E-state index in [0.717, 1.165) is 36.6 Å². The fourth-order valence-electron chi connectivity index (χ4n) is 6.19. The number of amides is 3. The number of aromatic nitrogens is 3. The molecule has 1 saturated carbocycles. The zero-order valence-electron chi connectivity index (χ0n) is 29.3. The van der Waals surface area contributed by atoms with Crippen LogP contribution in [0.25, 0.3) is 21.8 Å². The van der Waals surface area contributed by atoms with Crippen LogP contribution in [0.3, 0.4) is 0 Å². The van der Waals surface area contributed by atoms with E-state index in [0.29, 0.717) is 16.4 Å². The molecule has 2 heterocycles. The quantitative estimate of drug-likeness (QED) is 0.0753. The van der Waals surface area contributed by atoms with E-state index >= 15 is 0 Å². The highest BCUT2D eigenvalue weighted by molar-refractivity contribution is 7.89. The number of primary amides is 1. The minimum Gasteiger partial charge on any atom is -0.393 e. The van der Waals surface area contributed by atoms with E-state index in [1.807, 2.05) is 18.2 Å². The molecule has 17 heteroatoms. The number of carbonyl (C=O) groups excluding carboxylic acids is 3. The second kappa shape index (κ2) is 17.5. The van der Waals surface area contributed by atoms with Crippen LogP contribution in [0, 0.1) is 0 Å². The molecular weight excluding hydrogens is 717 g/mol. The minimum atomic E-state index is -4.12. The Kier molecular flexibility index (Phi) is 12.3. The van der Waals surface area contributed by atoms with E-state index in [-0.39, 0.29) is 36.1 Å². The summed E-state index contributed by atoms with van der Waals surface area (Å²) in [5.41, 5.74) is 9.82. The molecule has 6 rings (SSSR count). The van der Waals surface area contributed by atoms with E-state index in [4.69, 9.17) is 15.4 Å². The minimum absolute atomic E-state index is 0.00797. The smallest absolute Gasteiger partial charge is 0.393 e. The number of hydroxylamine groups is 1. The standard InChI is InChI=1S/C37H42N8O8S/c38-35(47)19-27(42-36(48)31-17-15-25-10-4-7-13-30(25)43-31)22-40-52-37(49)44-32(18-24-8-2-1-3-9-24)34(46)23-41-54(50,51)29-16-14-26-21-39-45(33(26)20-29)53-28-11-5-6-12-28/h1-4,7-10,13-17,20-21,27-28,32,34,40-41,46H,5-6,11-12,18-19,22-23H2,(H2,38,47)(H,42,48)(H,44,49)/t27?,32-,34+/m0/s1.